The number of thiophene rings is 1. The number of aryl methyl sites for hydroxylation is 1. The van der Waals surface area contributed by atoms with Gasteiger partial charge in [0.15, 0.2) is 0 Å². The van der Waals surface area contributed by atoms with Gasteiger partial charge >= 0.3 is 0 Å². The Hall–Kier alpha value is -0.680. The summed E-state index contributed by atoms with van der Waals surface area (Å²) in [4.78, 5) is 2.38. The molecule has 114 valence electrons. The summed E-state index contributed by atoms with van der Waals surface area (Å²) in [6.07, 6.45) is 1.11. The third-order valence-electron chi connectivity index (χ3n) is 3.70. The lowest BCUT2D eigenvalue weighted by atomic mass is 10.0. The van der Waals surface area contributed by atoms with Gasteiger partial charge in [0, 0.05) is 12.6 Å². The smallest absolute Gasteiger partial charge is 0.0701 e. The molecule has 1 unspecified atom stereocenters. The van der Waals surface area contributed by atoms with Gasteiger partial charge in [-0.25, -0.2) is 0 Å². The van der Waals surface area contributed by atoms with Gasteiger partial charge in [-0.3, -0.25) is 0 Å². The van der Waals surface area contributed by atoms with E-state index < -0.39 is 0 Å². The second-order valence-corrected chi connectivity index (χ2v) is 7.83. The number of benzene rings is 1. The SMILES string of the molecule is CNC(CCN(C)Cc1csc(Br)c1)c1ccc(C)cc1. The molecular formula is C17H23BrN2S. The number of halogens is 1. The topological polar surface area (TPSA) is 15.3 Å². The van der Waals surface area contributed by atoms with Crippen LogP contribution in [0.5, 0.6) is 0 Å². The Morgan fingerprint density at radius 2 is 2.00 bits per heavy atom. The van der Waals surface area contributed by atoms with Crippen molar-refractivity contribution in [2.75, 3.05) is 20.6 Å². The molecule has 0 aliphatic heterocycles. The highest BCUT2D eigenvalue weighted by Gasteiger charge is 2.10. The average molecular weight is 367 g/mol. The highest BCUT2D eigenvalue weighted by molar-refractivity contribution is 9.11. The van der Waals surface area contributed by atoms with E-state index in [1.54, 1.807) is 11.3 Å². The Bertz CT molecular complexity index is 550. The molecule has 1 atom stereocenters. The molecule has 2 rings (SSSR count). The van der Waals surface area contributed by atoms with E-state index >= 15 is 0 Å². The number of nitrogens with zero attached hydrogens (tertiary/aromatic N) is 1. The van der Waals surface area contributed by atoms with Gasteiger partial charge in [0.25, 0.3) is 0 Å². The summed E-state index contributed by atoms with van der Waals surface area (Å²) < 4.78 is 1.21. The van der Waals surface area contributed by atoms with Crippen molar-refractivity contribution in [1.82, 2.24) is 10.2 Å². The van der Waals surface area contributed by atoms with E-state index in [4.69, 9.17) is 0 Å². The molecule has 0 fully saturated rings. The summed E-state index contributed by atoms with van der Waals surface area (Å²) in [7, 11) is 4.23. The molecule has 0 amide bonds. The highest BCUT2D eigenvalue weighted by atomic mass is 79.9. The first kappa shape index (κ1) is 16.7. The largest absolute Gasteiger partial charge is 0.313 e. The van der Waals surface area contributed by atoms with Crippen molar-refractivity contribution in [3.8, 4) is 0 Å². The van der Waals surface area contributed by atoms with Crippen LogP contribution in [0.25, 0.3) is 0 Å². The summed E-state index contributed by atoms with van der Waals surface area (Å²) >= 11 is 5.27. The maximum Gasteiger partial charge on any atom is 0.0701 e. The lowest BCUT2D eigenvalue weighted by Gasteiger charge is -2.21. The van der Waals surface area contributed by atoms with E-state index in [0.29, 0.717) is 6.04 Å². The van der Waals surface area contributed by atoms with Crippen molar-refractivity contribution < 1.29 is 0 Å². The summed E-state index contributed by atoms with van der Waals surface area (Å²) in [5, 5.41) is 5.65. The summed E-state index contributed by atoms with van der Waals surface area (Å²) in [5.41, 5.74) is 4.06. The van der Waals surface area contributed by atoms with E-state index in [1.165, 1.54) is 20.5 Å². The van der Waals surface area contributed by atoms with Gasteiger partial charge in [0.1, 0.15) is 0 Å². The molecule has 0 radical (unpaired) electrons. The summed E-state index contributed by atoms with van der Waals surface area (Å²) in [6.45, 7) is 4.21. The minimum Gasteiger partial charge on any atom is -0.313 e. The summed E-state index contributed by atoms with van der Waals surface area (Å²) in [5.74, 6) is 0. The minimum atomic E-state index is 0.419. The first-order chi connectivity index (χ1) is 10.1. The van der Waals surface area contributed by atoms with Crippen molar-refractivity contribution in [1.29, 1.82) is 0 Å². The molecule has 0 saturated carbocycles. The van der Waals surface area contributed by atoms with Gasteiger partial charge in [-0.2, -0.15) is 0 Å². The molecule has 4 heteroatoms. The van der Waals surface area contributed by atoms with E-state index in [2.05, 4.69) is 75.8 Å². The zero-order valence-electron chi connectivity index (χ0n) is 12.9. The Kier molecular flexibility index (Phi) is 6.42. The van der Waals surface area contributed by atoms with Crippen LogP contribution in [0.2, 0.25) is 0 Å². The molecule has 0 aliphatic carbocycles. The van der Waals surface area contributed by atoms with E-state index in [0.717, 1.165) is 19.5 Å². The Labute approximate surface area is 140 Å². The lowest BCUT2D eigenvalue weighted by Crippen LogP contribution is -2.25. The molecule has 2 nitrogen and oxygen atoms in total. The maximum atomic E-state index is 3.52. The zero-order valence-corrected chi connectivity index (χ0v) is 15.3. The van der Waals surface area contributed by atoms with Gasteiger partial charge in [0.05, 0.1) is 3.79 Å². The molecule has 1 heterocycles. The second kappa shape index (κ2) is 8.08. The number of nitrogens with one attached hydrogen (secondary N) is 1. The normalized spacial score (nSPS) is 12.8. The fourth-order valence-corrected chi connectivity index (χ4v) is 3.65. The Morgan fingerprint density at radius 3 is 2.57 bits per heavy atom. The molecule has 0 spiro atoms. The fourth-order valence-electron chi connectivity index (χ4n) is 2.45. The molecule has 0 aliphatic rings. The van der Waals surface area contributed by atoms with Gasteiger partial charge < -0.3 is 10.2 Å². The van der Waals surface area contributed by atoms with Crippen molar-refractivity contribution in [2.45, 2.75) is 25.9 Å². The quantitative estimate of drug-likeness (QED) is 0.769. The molecule has 21 heavy (non-hydrogen) atoms. The third-order valence-corrected chi connectivity index (χ3v) is 5.26. The summed E-state index contributed by atoms with van der Waals surface area (Å²) in [6, 6.07) is 11.5. The van der Waals surface area contributed by atoms with Crippen LogP contribution in [0.3, 0.4) is 0 Å². The standard InChI is InChI=1S/C17H23BrN2S/c1-13-4-6-15(7-5-13)16(19-2)8-9-20(3)11-14-10-17(18)21-12-14/h4-7,10,12,16,19H,8-9,11H2,1-3H3. The van der Waals surface area contributed by atoms with Crippen LogP contribution >= 0.6 is 27.3 Å². The van der Waals surface area contributed by atoms with Gasteiger partial charge in [0.2, 0.25) is 0 Å². The van der Waals surface area contributed by atoms with Crippen molar-refractivity contribution in [2.24, 2.45) is 0 Å². The van der Waals surface area contributed by atoms with E-state index in [-0.39, 0.29) is 0 Å². The van der Waals surface area contributed by atoms with Crippen LogP contribution in [-0.4, -0.2) is 25.5 Å². The molecule has 1 N–H and O–H groups in total. The molecule has 0 saturated heterocycles. The van der Waals surface area contributed by atoms with Crippen LogP contribution in [-0.2, 0) is 6.54 Å². The van der Waals surface area contributed by atoms with E-state index in [9.17, 15) is 0 Å². The molecule has 1 aromatic heterocycles. The number of rotatable bonds is 7. The fraction of sp³-hybridized carbons (Fsp3) is 0.412. The number of hydrogen-bond donors (Lipinski definition) is 1. The van der Waals surface area contributed by atoms with Crippen LogP contribution < -0.4 is 5.32 Å². The van der Waals surface area contributed by atoms with Crippen LogP contribution in [0.1, 0.15) is 29.2 Å². The van der Waals surface area contributed by atoms with Crippen molar-refractivity contribution >= 4 is 27.3 Å². The zero-order chi connectivity index (χ0) is 15.2. The van der Waals surface area contributed by atoms with Gasteiger partial charge in [-0.05, 0) is 72.5 Å². The Morgan fingerprint density at radius 1 is 1.29 bits per heavy atom. The van der Waals surface area contributed by atoms with Crippen molar-refractivity contribution in [3.63, 3.8) is 0 Å². The predicted molar refractivity (Wildman–Crippen MR) is 95.9 cm³/mol. The molecule has 1 aromatic carbocycles. The molecular weight excluding hydrogens is 344 g/mol. The van der Waals surface area contributed by atoms with Crippen LogP contribution in [0.4, 0.5) is 0 Å². The first-order valence-corrected chi connectivity index (χ1v) is 8.91. The van der Waals surface area contributed by atoms with Crippen LogP contribution in [0, 0.1) is 6.92 Å². The number of hydrogen-bond acceptors (Lipinski definition) is 3. The van der Waals surface area contributed by atoms with Crippen LogP contribution in [0.15, 0.2) is 39.5 Å². The molecule has 0 bridgehead atoms. The van der Waals surface area contributed by atoms with E-state index in [1.807, 2.05) is 7.05 Å². The highest BCUT2D eigenvalue weighted by Crippen LogP contribution is 2.22. The van der Waals surface area contributed by atoms with Crippen molar-refractivity contribution in [3.05, 3.63) is 56.2 Å². The van der Waals surface area contributed by atoms with Gasteiger partial charge in [-0.15, -0.1) is 11.3 Å². The lowest BCUT2D eigenvalue weighted by molar-refractivity contribution is 0.304. The third kappa shape index (κ3) is 5.22. The molecule has 2 aromatic rings. The maximum absolute atomic E-state index is 3.52. The average Bonchev–Trinajstić information content (AvgIpc) is 2.86. The first-order valence-electron chi connectivity index (χ1n) is 7.24. The predicted octanol–water partition coefficient (Wildman–Crippen LogP) is 4.60. The minimum absolute atomic E-state index is 0.419. The Balaban J connectivity index is 1.86. The second-order valence-electron chi connectivity index (χ2n) is 5.54. The van der Waals surface area contributed by atoms with Gasteiger partial charge in [-0.1, -0.05) is 29.8 Å². The monoisotopic (exact) mass is 366 g/mol.